The van der Waals surface area contributed by atoms with E-state index in [1.54, 1.807) is 11.3 Å². The van der Waals surface area contributed by atoms with Gasteiger partial charge in [-0.15, -0.1) is 11.3 Å². The van der Waals surface area contributed by atoms with Gasteiger partial charge in [-0.05, 0) is 93.5 Å². The van der Waals surface area contributed by atoms with E-state index < -0.39 is 0 Å². The molecule has 7 heteroatoms. The first kappa shape index (κ1) is 27.9. The summed E-state index contributed by atoms with van der Waals surface area (Å²) < 4.78 is 20.8. The number of pyridine rings is 1. The van der Waals surface area contributed by atoms with Crippen molar-refractivity contribution in [2.75, 3.05) is 0 Å². The van der Waals surface area contributed by atoms with Gasteiger partial charge >= 0.3 is 0 Å². The van der Waals surface area contributed by atoms with Crippen molar-refractivity contribution >= 4 is 44.7 Å². The zero-order chi connectivity index (χ0) is 31.1. The molecule has 4 heterocycles. The number of aromatic nitrogens is 2. The van der Waals surface area contributed by atoms with Crippen molar-refractivity contribution in [2.45, 2.75) is 52.4 Å². The molecule has 45 heavy (non-hydrogen) atoms. The number of hydrogen-bond acceptors (Lipinski definition) is 6. The smallest absolute Gasteiger partial charge is 0.260 e. The second kappa shape index (κ2) is 9.95. The van der Waals surface area contributed by atoms with Gasteiger partial charge in [-0.3, -0.25) is 0 Å². The molecule has 222 valence electrons. The van der Waals surface area contributed by atoms with Crippen molar-refractivity contribution < 1.29 is 14.2 Å². The van der Waals surface area contributed by atoms with E-state index in [9.17, 15) is 0 Å². The number of benzene rings is 4. The summed E-state index contributed by atoms with van der Waals surface area (Å²) >= 11 is 1.71. The number of rotatable bonds is 3. The van der Waals surface area contributed by atoms with Crippen molar-refractivity contribution in [3.8, 4) is 45.2 Å². The second-order valence-electron chi connectivity index (χ2n) is 13.9. The fraction of sp³-hybridized carbons (Fsp3) is 0.211. The molecule has 0 unspecified atom stereocenters. The first-order valence-corrected chi connectivity index (χ1v) is 16.2. The largest absolute Gasteiger partial charge is 0.458 e. The summed E-state index contributed by atoms with van der Waals surface area (Å²) in [5.41, 5.74) is 7.48. The Morgan fingerprint density at radius 1 is 0.689 bits per heavy atom. The molecular weight excluding hydrogens is 575 g/mol. The van der Waals surface area contributed by atoms with Crippen LogP contribution in [0.2, 0.25) is 0 Å². The Hall–Kier alpha value is -4.62. The lowest BCUT2D eigenvalue weighted by molar-refractivity contribution is 0.449. The molecule has 0 radical (unpaired) electrons. The molecule has 0 spiro atoms. The Morgan fingerprint density at radius 3 is 2.09 bits per heavy atom. The Kier molecular flexibility index (Phi) is 6.17. The molecule has 0 amide bonds. The number of fused-ring (bicyclic) bond motifs is 5. The van der Waals surface area contributed by atoms with E-state index in [2.05, 4.69) is 101 Å². The third kappa shape index (κ3) is 4.86. The van der Waals surface area contributed by atoms with Gasteiger partial charge in [0, 0.05) is 23.3 Å². The van der Waals surface area contributed by atoms with Crippen molar-refractivity contribution in [3.63, 3.8) is 0 Å². The van der Waals surface area contributed by atoms with Gasteiger partial charge in [0.2, 0.25) is 5.88 Å². The Bertz CT molecular complexity index is 2090. The number of nitrogens with zero attached hydrogens (tertiary/aromatic N) is 2. The highest BCUT2D eigenvalue weighted by molar-refractivity contribution is 7.21. The van der Waals surface area contributed by atoms with Crippen LogP contribution in [0.25, 0.3) is 20.8 Å². The summed E-state index contributed by atoms with van der Waals surface area (Å²) in [6.45, 7) is 13.1. The average Bonchev–Trinajstić information content (AvgIpc) is 3.44. The van der Waals surface area contributed by atoms with Gasteiger partial charge < -0.3 is 14.2 Å². The first-order chi connectivity index (χ1) is 21.5. The van der Waals surface area contributed by atoms with Gasteiger partial charge in [-0.2, -0.15) is 0 Å². The number of para-hydroxylation sites is 1. The summed E-state index contributed by atoms with van der Waals surface area (Å²) in [5, 5.41) is 0.988. The molecule has 0 aliphatic carbocycles. The average molecular weight is 609 g/mol. The highest BCUT2D eigenvalue weighted by Crippen LogP contribution is 2.40. The summed E-state index contributed by atoms with van der Waals surface area (Å²) in [7, 11) is 0. The van der Waals surface area contributed by atoms with Crippen LogP contribution in [0, 0.1) is 0 Å². The highest BCUT2D eigenvalue weighted by atomic mass is 32.1. The van der Waals surface area contributed by atoms with Crippen LogP contribution in [0.3, 0.4) is 0 Å². The maximum atomic E-state index is 6.66. The van der Waals surface area contributed by atoms with Gasteiger partial charge in [0.25, 0.3) is 6.71 Å². The van der Waals surface area contributed by atoms with Crippen LogP contribution in [0.15, 0.2) is 91.1 Å². The second-order valence-corrected chi connectivity index (χ2v) is 15.0. The lowest BCUT2D eigenvalue weighted by Gasteiger charge is -2.35. The molecule has 0 saturated carbocycles. The van der Waals surface area contributed by atoms with Crippen molar-refractivity contribution in [1.82, 2.24) is 9.97 Å². The van der Waals surface area contributed by atoms with E-state index >= 15 is 0 Å². The molecular formula is C38H33BN2O3S. The Labute approximate surface area is 267 Å². The fourth-order valence-electron chi connectivity index (χ4n) is 6.16. The van der Waals surface area contributed by atoms with Crippen molar-refractivity contribution in [2.24, 2.45) is 0 Å². The molecule has 0 atom stereocenters. The van der Waals surface area contributed by atoms with Gasteiger partial charge in [0.05, 0.1) is 10.2 Å². The minimum absolute atomic E-state index is 0.0104. The van der Waals surface area contributed by atoms with Crippen molar-refractivity contribution in [1.29, 1.82) is 0 Å². The standard InChI is InChI=1S/C38H33BN2O3S/c1-37(2,3)23-15-16-40-34(20-23)42-25-12-14-30-27(21-25)39-26-17-22(36-41-28-9-7-8-10-33(28)45-36)11-13-29(26)43-31-18-24(38(4,5)6)19-32(44-30)35(31)39/h7-21H,1-6H3. The maximum Gasteiger partial charge on any atom is 0.260 e. The van der Waals surface area contributed by atoms with E-state index in [1.807, 2.05) is 36.5 Å². The molecule has 8 rings (SSSR count). The molecule has 0 bridgehead atoms. The summed E-state index contributed by atoms with van der Waals surface area (Å²) in [6, 6.07) is 29.2. The molecule has 0 saturated heterocycles. The topological polar surface area (TPSA) is 53.5 Å². The minimum Gasteiger partial charge on any atom is -0.458 e. The Morgan fingerprint density at radius 2 is 1.38 bits per heavy atom. The van der Waals surface area contributed by atoms with Crippen LogP contribution in [0.5, 0.6) is 34.6 Å². The van der Waals surface area contributed by atoms with Crippen LogP contribution in [0.1, 0.15) is 52.7 Å². The molecule has 2 aliphatic rings. The van der Waals surface area contributed by atoms with Crippen LogP contribution in [-0.4, -0.2) is 16.7 Å². The molecule has 2 aromatic heterocycles. The highest BCUT2D eigenvalue weighted by Gasteiger charge is 2.41. The summed E-state index contributed by atoms with van der Waals surface area (Å²) in [4.78, 5) is 9.47. The molecule has 0 fully saturated rings. The van der Waals surface area contributed by atoms with E-state index in [1.165, 1.54) is 10.3 Å². The van der Waals surface area contributed by atoms with Crippen LogP contribution in [-0.2, 0) is 10.8 Å². The van der Waals surface area contributed by atoms with Crippen LogP contribution in [0.4, 0.5) is 0 Å². The maximum absolute atomic E-state index is 6.66. The van der Waals surface area contributed by atoms with Crippen molar-refractivity contribution in [3.05, 3.63) is 102 Å². The summed E-state index contributed by atoms with van der Waals surface area (Å²) in [6.07, 6.45) is 1.81. The minimum atomic E-state index is -0.108. The van der Waals surface area contributed by atoms with E-state index in [4.69, 9.17) is 19.2 Å². The SMILES string of the molecule is CC(C)(C)c1ccnc(Oc2ccc3c(c2)B2c4cc(-c5nc6ccccc6s5)ccc4Oc4cc(C(C)(C)C)cc(c42)O3)c1. The predicted molar refractivity (Wildman–Crippen MR) is 184 cm³/mol. The van der Waals surface area contributed by atoms with Gasteiger partial charge in [-0.1, -0.05) is 59.7 Å². The van der Waals surface area contributed by atoms with Gasteiger partial charge in [0.1, 0.15) is 33.8 Å². The molecule has 0 N–H and O–H groups in total. The summed E-state index contributed by atoms with van der Waals surface area (Å²) in [5.74, 6) is 4.60. The van der Waals surface area contributed by atoms with E-state index in [0.29, 0.717) is 11.6 Å². The van der Waals surface area contributed by atoms with Gasteiger partial charge in [-0.25, -0.2) is 9.97 Å². The lowest BCUT2D eigenvalue weighted by atomic mass is 9.34. The number of thiazole rings is 1. The third-order valence-electron chi connectivity index (χ3n) is 8.68. The monoisotopic (exact) mass is 608 g/mol. The molecule has 2 aliphatic heterocycles. The van der Waals surface area contributed by atoms with E-state index in [-0.39, 0.29) is 17.5 Å². The van der Waals surface area contributed by atoms with Crippen LogP contribution >= 0.6 is 11.3 Å². The predicted octanol–water partition coefficient (Wildman–Crippen LogP) is 8.47. The number of ether oxygens (including phenoxy) is 3. The zero-order valence-electron chi connectivity index (χ0n) is 26.3. The third-order valence-corrected chi connectivity index (χ3v) is 9.76. The normalized spacial score (nSPS) is 13.4. The fourth-order valence-corrected chi connectivity index (χ4v) is 7.12. The zero-order valence-corrected chi connectivity index (χ0v) is 27.1. The van der Waals surface area contributed by atoms with Crippen LogP contribution < -0.4 is 30.6 Å². The molecule has 6 aromatic rings. The number of hydrogen-bond donors (Lipinski definition) is 0. The first-order valence-electron chi connectivity index (χ1n) is 15.3. The molecule has 5 nitrogen and oxygen atoms in total. The van der Waals surface area contributed by atoms with Gasteiger partial charge in [0.15, 0.2) is 0 Å². The molecule has 4 aromatic carbocycles. The lowest BCUT2D eigenvalue weighted by Crippen LogP contribution is -2.57. The quantitative estimate of drug-likeness (QED) is 0.188. The van der Waals surface area contributed by atoms with E-state index in [0.717, 1.165) is 61.0 Å². The Balaban J connectivity index is 1.27.